The Kier molecular flexibility index (Phi) is 7.37. The lowest BCUT2D eigenvalue weighted by atomic mass is 10.2. The molecule has 1 atom stereocenters. The average molecular weight is 362 g/mol. The molecule has 25 heavy (non-hydrogen) atoms. The predicted molar refractivity (Wildman–Crippen MR) is 101 cm³/mol. The van der Waals surface area contributed by atoms with Gasteiger partial charge in [0.15, 0.2) is 0 Å². The van der Waals surface area contributed by atoms with E-state index in [9.17, 15) is 9.00 Å². The number of benzene rings is 1. The largest absolute Gasteiger partial charge is 0.441 e. The Bertz CT molecular complexity index is 707. The molecule has 0 aliphatic carbocycles. The van der Waals surface area contributed by atoms with Crippen molar-refractivity contribution >= 4 is 16.7 Å². The molecule has 0 aliphatic heterocycles. The summed E-state index contributed by atoms with van der Waals surface area (Å²) in [5.41, 5.74) is 1.54. The van der Waals surface area contributed by atoms with Crippen molar-refractivity contribution in [3.8, 4) is 11.5 Å². The minimum atomic E-state index is -1.30. The van der Waals surface area contributed by atoms with E-state index in [1.165, 1.54) is 0 Å². The van der Waals surface area contributed by atoms with Crippen molar-refractivity contribution in [1.82, 2.24) is 9.88 Å². The number of amides is 1. The number of aryl methyl sites for hydroxylation is 1. The highest BCUT2D eigenvalue weighted by atomic mass is 32.2. The molecule has 0 spiro atoms. The molecule has 0 bridgehead atoms. The highest BCUT2D eigenvalue weighted by Gasteiger charge is 2.18. The van der Waals surface area contributed by atoms with Crippen LogP contribution in [0.25, 0.3) is 11.5 Å². The van der Waals surface area contributed by atoms with Crippen LogP contribution in [0.4, 0.5) is 0 Å². The first-order valence-corrected chi connectivity index (χ1v) is 10.2. The fraction of sp³-hybridized carbons (Fsp3) is 0.474. The van der Waals surface area contributed by atoms with Crippen molar-refractivity contribution in [3.05, 3.63) is 41.8 Å². The van der Waals surface area contributed by atoms with Crippen LogP contribution in [0.15, 0.2) is 34.7 Å². The van der Waals surface area contributed by atoms with Gasteiger partial charge in [0, 0.05) is 29.5 Å². The Balaban J connectivity index is 2.01. The van der Waals surface area contributed by atoms with Crippen molar-refractivity contribution in [2.75, 3.05) is 18.8 Å². The van der Waals surface area contributed by atoms with Gasteiger partial charge in [0.1, 0.15) is 11.5 Å². The maximum absolute atomic E-state index is 12.4. The van der Waals surface area contributed by atoms with Crippen LogP contribution in [0, 0.1) is 6.92 Å². The maximum atomic E-state index is 12.4. The zero-order valence-corrected chi connectivity index (χ0v) is 16.0. The topological polar surface area (TPSA) is 63.4 Å². The quantitative estimate of drug-likeness (QED) is 0.684. The smallest absolute Gasteiger partial charge is 0.235 e. The van der Waals surface area contributed by atoms with E-state index < -0.39 is 10.8 Å². The van der Waals surface area contributed by atoms with E-state index in [0.29, 0.717) is 30.4 Å². The monoisotopic (exact) mass is 362 g/mol. The predicted octanol–water partition coefficient (Wildman–Crippen LogP) is 3.55. The highest BCUT2D eigenvalue weighted by molar-refractivity contribution is 7.84. The minimum Gasteiger partial charge on any atom is -0.441 e. The summed E-state index contributed by atoms with van der Waals surface area (Å²) < 4.78 is 18.1. The van der Waals surface area contributed by atoms with E-state index in [2.05, 4.69) is 4.98 Å². The normalized spacial score (nSPS) is 12.1. The van der Waals surface area contributed by atoms with Gasteiger partial charge in [-0.05, 0) is 31.9 Å². The first-order chi connectivity index (χ1) is 12.0. The number of oxazole rings is 1. The first-order valence-electron chi connectivity index (χ1n) is 8.69. The van der Waals surface area contributed by atoms with Gasteiger partial charge in [-0.25, -0.2) is 4.98 Å². The molecule has 0 saturated carbocycles. The molecule has 1 aromatic carbocycles. The molecule has 0 N–H and O–H groups in total. The van der Waals surface area contributed by atoms with Gasteiger partial charge >= 0.3 is 0 Å². The third-order valence-corrected chi connectivity index (χ3v) is 5.00. The summed E-state index contributed by atoms with van der Waals surface area (Å²) in [6, 6.07) is 9.61. The van der Waals surface area contributed by atoms with E-state index in [0.717, 1.165) is 18.4 Å². The van der Waals surface area contributed by atoms with Gasteiger partial charge in [0.05, 0.1) is 11.4 Å². The van der Waals surface area contributed by atoms with Crippen LogP contribution < -0.4 is 0 Å². The van der Waals surface area contributed by atoms with Crippen LogP contribution in [0.2, 0.25) is 0 Å². The number of aromatic nitrogens is 1. The van der Waals surface area contributed by atoms with Gasteiger partial charge in [-0.3, -0.25) is 9.00 Å². The second-order valence-electron chi connectivity index (χ2n) is 6.00. The van der Waals surface area contributed by atoms with Gasteiger partial charge in [0.2, 0.25) is 11.8 Å². The number of hydrogen-bond acceptors (Lipinski definition) is 4. The van der Waals surface area contributed by atoms with E-state index in [4.69, 9.17) is 4.42 Å². The van der Waals surface area contributed by atoms with E-state index in [1.54, 1.807) is 4.90 Å². The van der Waals surface area contributed by atoms with E-state index in [1.807, 2.05) is 51.1 Å². The van der Waals surface area contributed by atoms with Crippen LogP contribution in [0.1, 0.15) is 38.1 Å². The van der Waals surface area contributed by atoms with E-state index in [-0.39, 0.29) is 17.4 Å². The summed E-state index contributed by atoms with van der Waals surface area (Å²) in [5.74, 6) is 1.40. The SMILES string of the molecule is CCCN(CCC)C(=O)CS(=O)Cc1nc(-c2ccccc2)oc1C. The van der Waals surface area contributed by atoms with Gasteiger partial charge in [-0.1, -0.05) is 32.0 Å². The molecule has 1 aromatic heterocycles. The molecule has 2 aromatic rings. The summed E-state index contributed by atoms with van der Waals surface area (Å²) in [5, 5.41) is 0. The molecule has 5 nitrogen and oxygen atoms in total. The Labute approximate surface area is 151 Å². The second-order valence-corrected chi connectivity index (χ2v) is 7.45. The Morgan fingerprint density at radius 2 is 1.80 bits per heavy atom. The van der Waals surface area contributed by atoms with Crippen LogP contribution >= 0.6 is 0 Å². The molecular formula is C19H26N2O3S. The molecule has 136 valence electrons. The number of carbonyl (C=O) groups is 1. The first kappa shape index (κ1) is 19.4. The highest BCUT2D eigenvalue weighted by Crippen LogP contribution is 2.22. The Morgan fingerprint density at radius 3 is 2.40 bits per heavy atom. The Morgan fingerprint density at radius 1 is 1.16 bits per heavy atom. The van der Waals surface area contributed by atoms with Crippen molar-refractivity contribution in [2.24, 2.45) is 0 Å². The molecule has 1 amide bonds. The van der Waals surface area contributed by atoms with Crippen molar-refractivity contribution < 1.29 is 13.4 Å². The van der Waals surface area contributed by atoms with Gasteiger partial charge in [0.25, 0.3) is 0 Å². The lowest BCUT2D eigenvalue weighted by Crippen LogP contribution is -2.35. The van der Waals surface area contributed by atoms with Crippen molar-refractivity contribution in [2.45, 2.75) is 39.4 Å². The number of carbonyl (C=O) groups excluding carboxylic acids is 1. The Hall–Kier alpha value is -1.95. The molecule has 0 fully saturated rings. The zero-order chi connectivity index (χ0) is 18.2. The van der Waals surface area contributed by atoms with Crippen LogP contribution in [0.3, 0.4) is 0 Å². The molecule has 1 unspecified atom stereocenters. The average Bonchev–Trinajstić information content (AvgIpc) is 2.96. The van der Waals surface area contributed by atoms with Gasteiger partial charge < -0.3 is 9.32 Å². The molecule has 2 rings (SSSR count). The summed E-state index contributed by atoms with van der Waals surface area (Å²) >= 11 is 0. The molecule has 1 heterocycles. The van der Waals surface area contributed by atoms with Gasteiger partial charge in [-0.2, -0.15) is 0 Å². The van der Waals surface area contributed by atoms with Crippen LogP contribution in [-0.4, -0.2) is 38.8 Å². The number of hydrogen-bond donors (Lipinski definition) is 0. The zero-order valence-electron chi connectivity index (χ0n) is 15.2. The van der Waals surface area contributed by atoms with Gasteiger partial charge in [-0.15, -0.1) is 0 Å². The van der Waals surface area contributed by atoms with Crippen LogP contribution in [0.5, 0.6) is 0 Å². The van der Waals surface area contributed by atoms with Crippen molar-refractivity contribution in [1.29, 1.82) is 0 Å². The summed E-state index contributed by atoms with van der Waals surface area (Å²) in [6.07, 6.45) is 1.81. The number of nitrogens with zero attached hydrogens (tertiary/aromatic N) is 2. The van der Waals surface area contributed by atoms with Crippen molar-refractivity contribution in [3.63, 3.8) is 0 Å². The fourth-order valence-corrected chi connectivity index (χ4v) is 3.73. The van der Waals surface area contributed by atoms with E-state index >= 15 is 0 Å². The minimum absolute atomic E-state index is 0.0347. The molecule has 0 aliphatic rings. The third kappa shape index (κ3) is 5.53. The molecule has 0 radical (unpaired) electrons. The second kappa shape index (κ2) is 9.51. The molecule has 0 saturated heterocycles. The lowest BCUT2D eigenvalue weighted by molar-refractivity contribution is -0.128. The third-order valence-electron chi connectivity index (χ3n) is 3.84. The molecular weight excluding hydrogens is 336 g/mol. The fourth-order valence-electron chi connectivity index (χ4n) is 2.60. The standard InChI is InChI=1S/C19H26N2O3S/c1-4-11-21(12-5-2)18(22)14-25(23)13-17-15(3)24-19(20-17)16-9-7-6-8-10-16/h6-10H,4-5,11-14H2,1-3H3. The lowest BCUT2D eigenvalue weighted by Gasteiger charge is -2.21. The maximum Gasteiger partial charge on any atom is 0.235 e. The number of rotatable bonds is 9. The summed E-state index contributed by atoms with van der Waals surface area (Å²) in [7, 11) is -1.30. The molecule has 6 heteroatoms. The van der Waals surface area contributed by atoms with Crippen LogP contribution in [-0.2, 0) is 21.3 Å². The summed E-state index contributed by atoms with van der Waals surface area (Å²) in [4.78, 5) is 18.6. The summed E-state index contributed by atoms with van der Waals surface area (Å²) in [6.45, 7) is 7.32.